The molecule has 1 fully saturated rings. The van der Waals surface area contributed by atoms with Gasteiger partial charge in [0.05, 0.1) is 0 Å². The summed E-state index contributed by atoms with van der Waals surface area (Å²) in [7, 11) is 0. The standard InChI is InChI=1S/C14H23NOS/c1-10-8-14(12(3)16-10)11(2)15-9-13-6-4-5-7-17-13/h8,11,13,15H,4-7,9H2,1-3H3. The van der Waals surface area contributed by atoms with Crippen LogP contribution in [0, 0.1) is 13.8 Å². The van der Waals surface area contributed by atoms with Crippen molar-refractivity contribution in [1.82, 2.24) is 5.32 Å². The second kappa shape index (κ2) is 5.96. The van der Waals surface area contributed by atoms with E-state index in [4.69, 9.17) is 4.42 Å². The molecule has 2 atom stereocenters. The summed E-state index contributed by atoms with van der Waals surface area (Å²) in [5.41, 5.74) is 1.31. The lowest BCUT2D eigenvalue weighted by Crippen LogP contribution is -2.29. The second-order valence-corrected chi connectivity index (χ2v) is 6.40. The molecule has 1 aromatic heterocycles. The normalized spacial score (nSPS) is 22.6. The number of furan rings is 1. The molecule has 0 saturated carbocycles. The van der Waals surface area contributed by atoms with E-state index in [1.54, 1.807) is 0 Å². The third kappa shape index (κ3) is 3.52. The molecular formula is C14H23NOS. The molecule has 1 aromatic rings. The van der Waals surface area contributed by atoms with Crippen LogP contribution in [0.15, 0.2) is 10.5 Å². The van der Waals surface area contributed by atoms with Crippen molar-refractivity contribution in [3.63, 3.8) is 0 Å². The van der Waals surface area contributed by atoms with Gasteiger partial charge in [0.15, 0.2) is 0 Å². The summed E-state index contributed by atoms with van der Waals surface area (Å²) in [6.45, 7) is 7.41. The molecule has 1 aliphatic heterocycles. The minimum absolute atomic E-state index is 0.398. The lowest BCUT2D eigenvalue weighted by molar-refractivity contribution is 0.487. The maximum absolute atomic E-state index is 5.58. The van der Waals surface area contributed by atoms with Crippen LogP contribution in [0.3, 0.4) is 0 Å². The zero-order valence-electron chi connectivity index (χ0n) is 11.1. The van der Waals surface area contributed by atoms with Crippen LogP contribution in [-0.4, -0.2) is 17.5 Å². The van der Waals surface area contributed by atoms with E-state index in [-0.39, 0.29) is 0 Å². The van der Waals surface area contributed by atoms with Crippen LogP contribution in [0.25, 0.3) is 0 Å². The summed E-state index contributed by atoms with van der Waals surface area (Å²) >= 11 is 2.12. The Morgan fingerprint density at radius 2 is 2.29 bits per heavy atom. The predicted molar refractivity (Wildman–Crippen MR) is 74.7 cm³/mol. The second-order valence-electron chi connectivity index (χ2n) is 4.99. The lowest BCUT2D eigenvalue weighted by Gasteiger charge is -2.23. The Morgan fingerprint density at radius 1 is 1.47 bits per heavy atom. The highest BCUT2D eigenvalue weighted by Gasteiger charge is 2.17. The van der Waals surface area contributed by atoms with E-state index in [1.165, 1.54) is 30.6 Å². The van der Waals surface area contributed by atoms with Crippen molar-refractivity contribution in [2.75, 3.05) is 12.3 Å². The van der Waals surface area contributed by atoms with Crippen molar-refractivity contribution < 1.29 is 4.42 Å². The highest BCUT2D eigenvalue weighted by Crippen LogP contribution is 2.26. The monoisotopic (exact) mass is 253 g/mol. The average Bonchev–Trinajstić information content (AvgIpc) is 2.67. The molecule has 17 heavy (non-hydrogen) atoms. The first-order valence-electron chi connectivity index (χ1n) is 6.58. The van der Waals surface area contributed by atoms with E-state index in [9.17, 15) is 0 Å². The van der Waals surface area contributed by atoms with E-state index in [0.29, 0.717) is 6.04 Å². The molecule has 96 valence electrons. The van der Waals surface area contributed by atoms with Gasteiger partial charge in [-0.25, -0.2) is 0 Å². The van der Waals surface area contributed by atoms with Crippen LogP contribution < -0.4 is 5.32 Å². The van der Waals surface area contributed by atoms with E-state index in [0.717, 1.165) is 23.3 Å². The SMILES string of the molecule is Cc1cc(C(C)NCC2CCCCS2)c(C)o1. The van der Waals surface area contributed by atoms with Gasteiger partial charge in [-0.3, -0.25) is 0 Å². The van der Waals surface area contributed by atoms with Gasteiger partial charge in [0.1, 0.15) is 11.5 Å². The Balaban J connectivity index is 1.84. The highest BCUT2D eigenvalue weighted by atomic mass is 32.2. The van der Waals surface area contributed by atoms with Gasteiger partial charge in [0, 0.05) is 23.4 Å². The first-order valence-corrected chi connectivity index (χ1v) is 7.63. The van der Waals surface area contributed by atoms with E-state index in [1.807, 2.05) is 6.92 Å². The summed E-state index contributed by atoms with van der Waals surface area (Å²) in [5, 5.41) is 4.45. The van der Waals surface area contributed by atoms with Crippen molar-refractivity contribution in [3.05, 3.63) is 23.2 Å². The van der Waals surface area contributed by atoms with Crippen LogP contribution in [0.2, 0.25) is 0 Å². The van der Waals surface area contributed by atoms with Gasteiger partial charge in [-0.15, -0.1) is 0 Å². The Morgan fingerprint density at radius 3 is 2.88 bits per heavy atom. The molecule has 1 saturated heterocycles. The number of rotatable bonds is 4. The summed E-state index contributed by atoms with van der Waals surface area (Å²) in [5.74, 6) is 3.40. The summed E-state index contributed by atoms with van der Waals surface area (Å²) in [6.07, 6.45) is 4.17. The lowest BCUT2D eigenvalue weighted by atomic mass is 10.1. The molecule has 2 heterocycles. The molecule has 3 heteroatoms. The third-order valence-corrected chi connectivity index (χ3v) is 4.87. The van der Waals surface area contributed by atoms with Gasteiger partial charge in [0.2, 0.25) is 0 Å². The maximum Gasteiger partial charge on any atom is 0.105 e. The maximum atomic E-state index is 5.58. The fourth-order valence-electron chi connectivity index (χ4n) is 2.47. The fraction of sp³-hybridized carbons (Fsp3) is 0.714. The average molecular weight is 253 g/mol. The Kier molecular flexibility index (Phi) is 4.57. The highest BCUT2D eigenvalue weighted by molar-refractivity contribution is 7.99. The van der Waals surface area contributed by atoms with Gasteiger partial charge in [-0.2, -0.15) is 11.8 Å². The quantitative estimate of drug-likeness (QED) is 0.882. The van der Waals surface area contributed by atoms with E-state index >= 15 is 0 Å². The third-order valence-electron chi connectivity index (χ3n) is 3.47. The van der Waals surface area contributed by atoms with E-state index < -0.39 is 0 Å². The van der Waals surface area contributed by atoms with Gasteiger partial charge < -0.3 is 9.73 Å². The molecule has 0 spiro atoms. The van der Waals surface area contributed by atoms with Crippen molar-refractivity contribution in [2.24, 2.45) is 0 Å². The van der Waals surface area contributed by atoms with Crippen molar-refractivity contribution >= 4 is 11.8 Å². The van der Waals surface area contributed by atoms with Crippen molar-refractivity contribution in [3.8, 4) is 0 Å². The molecule has 0 aliphatic carbocycles. The number of hydrogen-bond acceptors (Lipinski definition) is 3. The first-order chi connectivity index (χ1) is 8.16. The summed E-state index contributed by atoms with van der Waals surface area (Å²) < 4.78 is 5.58. The van der Waals surface area contributed by atoms with Gasteiger partial charge >= 0.3 is 0 Å². The van der Waals surface area contributed by atoms with Gasteiger partial charge in [-0.05, 0) is 45.4 Å². The first kappa shape index (κ1) is 13.0. The molecular weight excluding hydrogens is 230 g/mol. The molecule has 0 aromatic carbocycles. The van der Waals surface area contributed by atoms with Crippen LogP contribution >= 0.6 is 11.8 Å². The molecule has 0 bridgehead atoms. The van der Waals surface area contributed by atoms with E-state index in [2.05, 4.69) is 37.0 Å². The molecule has 2 nitrogen and oxygen atoms in total. The van der Waals surface area contributed by atoms with Crippen LogP contribution in [-0.2, 0) is 0 Å². The molecule has 0 radical (unpaired) electrons. The van der Waals surface area contributed by atoms with Crippen molar-refractivity contribution in [2.45, 2.75) is 51.3 Å². The summed E-state index contributed by atoms with van der Waals surface area (Å²) in [4.78, 5) is 0. The number of nitrogens with one attached hydrogen (secondary N) is 1. The van der Waals surface area contributed by atoms with Crippen LogP contribution in [0.4, 0.5) is 0 Å². The topological polar surface area (TPSA) is 25.2 Å². The number of aryl methyl sites for hydroxylation is 2. The molecule has 2 unspecified atom stereocenters. The zero-order valence-corrected chi connectivity index (χ0v) is 11.9. The molecule has 1 aliphatic rings. The molecule has 1 N–H and O–H groups in total. The largest absolute Gasteiger partial charge is 0.466 e. The Bertz CT molecular complexity index is 355. The smallest absolute Gasteiger partial charge is 0.105 e. The minimum atomic E-state index is 0.398. The molecule has 0 amide bonds. The van der Waals surface area contributed by atoms with Gasteiger partial charge in [-0.1, -0.05) is 6.42 Å². The van der Waals surface area contributed by atoms with Crippen LogP contribution in [0.1, 0.15) is 49.3 Å². The summed E-state index contributed by atoms with van der Waals surface area (Å²) in [6, 6.07) is 2.55. The molecule has 2 rings (SSSR count). The van der Waals surface area contributed by atoms with Crippen molar-refractivity contribution in [1.29, 1.82) is 0 Å². The van der Waals surface area contributed by atoms with Gasteiger partial charge in [0.25, 0.3) is 0 Å². The zero-order chi connectivity index (χ0) is 12.3. The predicted octanol–water partition coefficient (Wildman–Crippen LogP) is 3.83. The minimum Gasteiger partial charge on any atom is -0.466 e. The number of thioether (sulfide) groups is 1. The Labute approximate surface area is 109 Å². The fourth-order valence-corrected chi connectivity index (χ4v) is 3.72. The Hall–Kier alpha value is -0.410. The number of hydrogen-bond donors (Lipinski definition) is 1. The van der Waals surface area contributed by atoms with Crippen LogP contribution in [0.5, 0.6) is 0 Å².